The molecular weight excluding hydrogens is 492 g/mol. The quantitative estimate of drug-likeness (QED) is 0.206. The molecule has 1 heterocycles. The van der Waals surface area contributed by atoms with Crippen molar-refractivity contribution in [3.63, 3.8) is 0 Å². The van der Waals surface area contributed by atoms with Crippen LogP contribution >= 0.6 is 23.4 Å². The Labute approximate surface area is 210 Å². The number of carbonyl (C=O) groups excluding carboxylic acids is 2. The summed E-state index contributed by atoms with van der Waals surface area (Å²) in [7, 11) is 1.49. The number of carbonyl (C=O) groups is 2. The Bertz CT molecular complexity index is 1330. The summed E-state index contributed by atoms with van der Waals surface area (Å²) in [6.45, 7) is 0.272. The fraction of sp³-hybridized carbons (Fsp3) is 0.120. The average molecular weight is 511 g/mol. The highest BCUT2D eigenvalue weighted by Gasteiger charge is 2.35. The molecule has 0 aromatic heterocycles. The zero-order valence-electron chi connectivity index (χ0n) is 18.5. The number of rotatable bonds is 8. The summed E-state index contributed by atoms with van der Waals surface area (Å²) in [5.41, 5.74) is 2.07. The van der Waals surface area contributed by atoms with Crippen LogP contribution in [0.5, 0.6) is 11.5 Å². The molecule has 1 aliphatic heterocycles. The molecular formula is C25H19ClN2O6S. The Morgan fingerprint density at radius 2 is 1.80 bits per heavy atom. The monoisotopic (exact) mass is 510 g/mol. The van der Waals surface area contributed by atoms with Gasteiger partial charge in [0.1, 0.15) is 6.61 Å². The minimum absolute atomic E-state index is 0.0154. The van der Waals surface area contributed by atoms with Gasteiger partial charge in [0.15, 0.2) is 11.5 Å². The maximum Gasteiger partial charge on any atom is 0.293 e. The van der Waals surface area contributed by atoms with Gasteiger partial charge in [0.2, 0.25) is 0 Å². The number of imide groups is 1. The molecule has 178 valence electrons. The molecule has 3 aromatic carbocycles. The number of hydrogen-bond acceptors (Lipinski definition) is 7. The Hall–Kier alpha value is -3.82. The summed E-state index contributed by atoms with van der Waals surface area (Å²) in [5, 5.41) is 11.2. The second-order valence-electron chi connectivity index (χ2n) is 7.52. The zero-order chi connectivity index (χ0) is 24.9. The highest BCUT2D eigenvalue weighted by Crippen LogP contribution is 2.35. The molecule has 0 spiro atoms. The van der Waals surface area contributed by atoms with Gasteiger partial charge in [-0.05, 0) is 58.8 Å². The van der Waals surface area contributed by atoms with Crippen LogP contribution in [0.15, 0.2) is 71.6 Å². The molecule has 1 aliphatic rings. The van der Waals surface area contributed by atoms with Gasteiger partial charge in [-0.3, -0.25) is 24.6 Å². The number of halogens is 1. The third-order valence-electron chi connectivity index (χ3n) is 5.13. The number of hydrogen-bond donors (Lipinski definition) is 0. The predicted octanol–water partition coefficient (Wildman–Crippen LogP) is 6.07. The number of ether oxygens (including phenoxy) is 2. The van der Waals surface area contributed by atoms with Crippen LogP contribution in [0.2, 0.25) is 5.02 Å². The molecule has 0 N–H and O–H groups in total. The van der Waals surface area contributed by atoms with Crippen molar-refractivity contribution in [2.45, 2.75) is 13.2 Å². The second kappa shape index (κ2) is 10.6. The summed E-state index contributed by atoms with van der Waals surface area (Å²) in [4.78, 5) is 37.3. The van der Waals surface area contributed by atoms with Crippen molar-refractivity contribution in [3.8, 4) is 11.5 Å². The van der Waals surface area contributed by atoms with Crippen LogP contribution in [0.4, 0.5) is 10.5 Å². The van der Waals surface area contributed by atoms with E-state index in [1.807, 2.05) is 0 Å². The van der Waals surface area contributed by atoms with Crippen molar-refractivity contribution in [3.05, 3.63) is 103 Å². The van der Waals surface area contributed by atoms with Crippen LogP contribution in [-0.2, 0) is 17.9 Å². The lowest BCUT2D eigenvalue weighted by Crippen LogP contribution is -2.27. The van der Waals surface area contributed by atoms with Gasteiger partial charge in [-0.15, -0.1) is 0 Å². The van der Waals surface area contributed by atoms with Crippen LogP contribution < -0.4 is 9.47 Å². The van der Waals surface area contributed by atoms with Gasteiger partial charge in [-0.2, -0.15) is 0 Å². The Morgan fingerprint density at radius 1 is 1.03 bits per heavy atom. The first-order chi connectivity index (χ1) is 16.8. The zero-order valence-corrected chi connectivity index (χ0v) is 20.0. The van der Waals surface area contributed by atoms with Crippen LogP contribution in [0.3, 0.4) is 0 Å². The third kappa shape index (κ3) is 5.82. The van der Waals surface area contributed by atoms with Crippen molar-refractivity contribution < 1.29 is 24.0 Å². The van der Waals surface area contributed by atoms with E-state index in [9.17, 15) is 19.7 Å². The summed E-state index contributed by atoms with van der Waals surface area (Å²) < 4.78 is 11.2. The van der Waals surface area contributed by atoms with E-state index < -0.39 is 4.92 Å². The smallest absolute Gasteiger partial charge is 0.293 e. The number of methoxy groups -OCH3 is 1. The van der Waals surface area contributed by atoms with Crippen LogP contribution in [0, 0.1) is 10.1 Å². The van der Waals surface area contributed by atoms with Crippen LogP contribution in [0.1, 0.15) is 16.7 Å². The van der Waals surface area contributed by atoms with Crippen molar-refractivity contribution in [2.24, 2.45) is 0 Å². The number of nitro benzene ring substituents is 1. The average Bonchev–Trinajstić information content (AvgIpc) is 3.11. The maximum atomic E-state index is 12.8. The Balaban J connectivity index is 1.47. The van der Waals surface area contributed by atoms with Gasteiger partial charge in [-0.1, -0.05) is 41.9 Å². The van der Waals surface area contributed by atoms with E-state index in [0.29, 0.717) is 32.6 Å². The van der Waals surface area contributed by atoms with Crippen molar-refractivity contribution in [1.82, 2.24) is 4.90 Å². The molecule has 8 nitrogen and oxygen atoms in total. The number of non-ortho nitro benzene ring substituents is 1. The third-order valence-corrected chi connectivity index (χ3v) is 6.29. The Kier molecular flexibility index (Phi) is 7.38. The van der Waals surface area contributed by atoms with E-state index >= 15 is 0 Å². The minimum atomic E-state index is -0.462. The number of amides is 2. The predicted molar refractivity (Wildman–Crippen MR) is 133 cm³/mol. The standard InChI is InChI=1S/C25H19ClN2O6S/c1-33-22-12-17(7-10-21(22)34-15-18-3-2-4-20(11-18)28(31)32)13-23-24(29)27(25(30)35-23)14-16-5-8-19(26)9-6-16/h2-13H,14-15H2,1H3/b23-13+. The largest absolute Gasteiger partial charge is 0.493 e. The van der Waals surface area contributed by atoms with E-state index in [1.54, 1.807) is 60.7 Å². The van der Waals surface area contributed by atoms with E-state index in [0.717, 1.165) is 17.3 Å². The highest BCUT2D eigenvalue weighted by atomic mass is 35.5. The molecule has 10 heteroatoms. The van der Waals surface area contributed by atoms with Gasteiger partial charge in [-0.25, -0.2) is 0 Å². The molecule has 4 rings (SSSR count). The fourth-order valence-electron chi connectivity index (χ4n) is 3.37. The van der Waals surface area contributed by atoms with Crippen molar-refractivity contribution in [2.75, 3.05) is 7.11 Å². The maximum absolute atomic E-state index is 12.8. The summed E-state index contributed by atoms with van der Waals surface area (Å²) in [6, 6.07) is 18.2. The lowest BCUT2D eigenvalue weighted by molar-refractivity contribution is -0.384. The molecule has 2 amide bonds. The molecule has 1 fully saturated rings. The molecule has 0 unspecified atom stereocenters. The molecule has 0 bridgehead atoms. The van der Waals surface area contributed by atoms with Crippen LogP contribution in [0.25, 0.3) is 6.08 Å². The van der Waals surface area contributed by atoms with E-state index in [2.05, 4.69) is 0 Å². The first-order valence-corrected chi connectivity index (χ1v) is 11.6. The molecule has 1 saturated heterocycles. The van der Waals surface area contributed by atoms with E-state index in [-0.39, 0.29) is 30.0 Å². The molecule has 0 radical (unpaired) electrons. The van der Waals surface area contributed by atoms with E-state index in [4.69, 9.17) is 21.1 Å². The molecule has 35 heavy (non-hydrogen) atoms. The highest BCUT2D eigenvalue weighted by molar-refractivity contribution is 8.18. The topological polar surface area (TPSA) is 99.0 Å². The molecule has 0 saturated carbocycles. The summed E-state index contributed by atoms with van der Waals surface area (Å²) in [5.74, 6) is 0.483. The van der Waals surface area contributed by atoms with E-state index in [1.165, 1.54) is 24.1 Å². The Morgan fingerprint density at radius 3 is 2.51 bits per heavy atom. The molecule has 3 aromatic rings. The number of benzene rings is 3. The molecule has 0 atom stereocenters. The van der Waals surface area contributed by atoms with Gasteiger partial charge in [0, 0.05) is 17.2 Å². The van der Waals surface area contributed by atoms with Gasteiger partial charge < -0.3 is 9.47 Å². The second-order valence-corrected chi connectivity index (χ2v) is 8.95. The minimum Gasteiger partial charge on any atom is -0.493 e. The fourth-order valence-corrected chi connectivity index (χ4v) is 4.34. The normalized spacial score (nSPS) is 14.5. The lowest BCUT2D eigenvalue weighted by atomic mass is 10.1. The number of thioether (sulfide) groups is 1. The van der Waals surface area contributed by atoms with Crippen LogP contribution in [-0.4, -0.2) is 28.1 Å². The van der Waals surface area contributed by atoms with Gasteiger partial charge in [0.05, 0.1) is 23.5 Å². The first kappa shape index (κ1) is 24.3. The first-order valence-electron chi connectivity index (χ1n) is 10.4. The summed E-state index contributed by atoms with van der Waals surface area (Å²) in [6.07, 6.45) is 1.62. The number of nitrogens with zero attached hydrogens (tertiary/aromatic N) is 2. The van der Waals surface area contributed by atoms with Gasteiger partial charge in [0.25, 0.3) is 16.8 Å². The molecule has 0 aliphatic carbocycles. The van der Waals surface area contributed by atoms with Crippen molar-refractivity contribution in [1.29, 1.82) is 0 Å². The number of nitro groups is 1. The van der Waals surface area contributed by atoms with Crippen molar-refractivity contribution >= 4 is 46.3 Å². The SMILES string of the molecule is COc1cc(/C=C2/SC(=O)N(Cc3ccc(Cl)cc3)C2=O)ccc1OCc1cccc([N+](=O)[O-])c1. The summed E-state index contributed by atoms with van der Waals surface area (Å²) >= 11 is 6.77. The van der Waals surface area contributed by atoms with Gasteiger partial charge >= 0.3 is 0 Å². The lowest BCUT2D eigenvalue weighted by Gasteiger charge is -2.12.